The maximum Gasteiger partial charge on any atom is 0.251 e. The summed E-state index contributed by atoms with van der Waals surface area (Å²) in [6, 6.07) is 13.0. The van der Waals surface area contributed by atoms with Gasteiger partial charge in [-0.15, -0.1) is 0 Å². The van der Waals surface area contributed by atoms with Gasteiger partial charge in [-0.05, 0) is 43.3 Å². The van der Waals surface area contributed by atoms with Gasteiger partial charge in [0, 0.05) is 5.56 Å². The fraction of sp³-hybridized carbons (Fsp3) is 0.176. The number of rotatable bonds is 6. The van der Waals surface area contributed by atoms with Crippen LogP contribution in [-0.2, 0) is 4.79 Å². The Morgan fingerprint density at radius 1 is 1.09 bits per heavy atom. The number of amides is 2. The van der Waals surface area contributed by atoms with Gasteiger partial charge in [-0.3, -0.25) is 9.59 Å². The van der Waals surface area contributed by atoms with Crippen LogP contribution in [0.25, 0.3) is 0 Å². The molecule has 0 saturated heterocycles. The Bertz CT molecular complexity index is 683. The van der Waals surface area contributed by atoms with Gasteiger partial charge in [0.25, 0.3) is 5.91 Å². The Kier molecular flexibility index (Phi) is 5.57. The average molecular weight is 314 g/mol. The lowest BCUT2D eigenvalue weighted by molar-refractivity contribution is -0.115. The number of carbonyl (C=O) groups is 2. The molecule has 0 bridgehead atoms. The van der Waals surface area contributed by atoms with Crippen molar-refractivity contribution in [2.24, 2.45) is 0 Å². The van der Waals surface area contributed by atoms with Crippen LogP contribution in [0.2, 0.25) is 0 Å². The molecule has 2 aromatic rings. The molecule has 0 fully saturated rings. The summed E-state index contributed by atoms with van der Waals surface area (Å²) in [7, 11) is 0. The largest absolute Gasteiger partial charge is 0.506 e. The zero-order valence-corrected chi connectivity index (χ0v) is 12.7. The number of anilines is 1. The van der Waals surface area contributed by atoms with Crippen molar-refractivity contribution in [3.63, 3.8) is 0 Å². The van der Waals surface area contributed by atoms with E-state index in [2.05, 4.69) is 10.6 Å². The van der Waals surface area contributed by atoms with Crippen LogP contribution in [0.4, 0.5) is 5.69 Å². The van der Waals surface area contributed by atoms with Gasteiger partial charge in [0.15, 0.2) is 0 Å². The molecule has 2 amide bonds. The van der Waals surface area contributed by atoms with Gasteiger partial charge in [-0.25, -0.2) is 0 Å². The molecule has 0 aliphatic rings. The minimum Gasteiger partial charge on any atom is -0.506 e. The maximum atomic E-state index is 12.0. The lowest BCUT2D eigenvalue weighted by Crippen LogP contribution is -2.32. The zero-order valence-electron chi connectivity index (χ0n) is 12.7. The number of aromatic hydroxyl groups is 1. The second-order valence-electron chi connectivity index (χ2n) is 4.71. The van der Waals surface area contributed by atoms with E-state index in [0.29, 0.717) is 23.6 Å². The number of phenolic OH excluding ortho intramolecular Hbond substituents is 1. The molecule has 0 radical (unpaired) electrons. The molecule has 0 aliphatic carbocycles. The van der Waals surface area contributed by atoms with Gasteiger partial charge in [0.2, 0.25) is 5.91 Å². The fourth-order valence-corrected chi connectivity index (χ4v) is 1.91. The minimum atomic E-state index is -0.425. The molecule has 2 aromatic carbocycles. The van der Waals surface area contributed by atoms with E-state index in [4.69, 9.17) is 4.74 Å². The molecule has 0 aromatic heterocycles. The summed E-state index contributed by atoms with van der Waals surface area (Å²) >= 11 is 0. The van der Waals surface area contributed by atoms with Crippen molar-refractivity contribution >= 4 is 17.5 Å². The second-order valence-corrected chi connectivity index (χ2v) is 4.71. The third kappa shape index (κ3) is 4.74. The monoisotopic (exact) mass is 314 g/mol. The maximum absolute atomic E-state index is 12.0. The molecule has 0 unspecified atom stereocenters. The van der Waals surface area contributed by atoms with E-state index in [9.17, 15) is 14.7 Å². The molecule has 2 rings (SSSR count). The highest BCUT2D eigenvalue weighted by Gasteiger charge is 2.09. The number of para-hydroxylation sites is 2. The van der Waals surface area contributed by atoms with E-state index < -0.39 is 5.91 Å². The van der Waals surface area contributed by atoms with Gasteiger partial charge in [0.05, 0.1) is 18.8 Å². The van der Waals surface area contributed by atoms with Crippen LogP contribution in [0.15, 0.2) is 48.5 Å². The summed E-state index contributed by atoms with van der Waals surface area (Å²) in [6.07, 6.45) is 0. The first-order chi connectivity index (χ1) is 11.1. The Labute approximate surface area is 134 Å². The summed E-state index contributed by atoms with van der Waals surface area (Å²) in [5.74, 6) is -0.133. The highest BCUT2D eigenvalue weighted by Crippen LogP contribution is 2.21. The number of hydrogen-bond donors (Lipinski definition) is 3. The number of benzene rings is 2. The topological polar surface area (TPSA) is 87.7 Å². The van der Waals surface area contributed by atoms with E-state index in [1.807, 2.05) is 6.92 Å². The van der Waals surface area contributed by atoms with Crippen LogP contribution in [0.5, 0.6) is 11.5 Å². The minimum absolute atomic E-state index is 0.0290. The summed E-state index contributed by atoms with van der Waals surface area (Å²) in [5.41, 5.74) is 0.733. The second kappa shape index (κ2) is 7.84. The number of hydrogen-bond acceptors (Lipinski definition) is 4. The SMILES string of the molecule is CCOc1ccc(C(=O)NCC(=O)Nc2ccccc2O)cc1. The molecule has 120 valence electrons. The standard InChI is InChI=1S/C17H18N2O4/c1-2-23-13-9-7-12(8-10-13)17(22)18-11-16(21)19-14-5-3-4-6-15(14)20/h3-10,20H,2,11H2,1H3,(H,18,22)(H,19,21). The predicted molar refractivity (Wildman–Crippen MR) is 86.7 cm³/mol. The highest BCUT2D eigenvalue weighted by atomic mass is 16.5. The molecular weight excluding hydrogens is 296 g/mol. The molecule has 0 spiro atoms. The van der Waals surface area contributed by atoms with E-state index in [1.54, 1.807) is 42.5 Å². The highest BCUT2D eigenvalue weighted by molar-refractivity contribution is 5.99. The van der Waals surface area contributed by atoms with Gasteiger partial charge in [0.1, 0.15) is 11.5 Å². The van der Waals surface area contributed by atoms with Crippen molar-refractivity contribution in [3.05, 3.63) is 54.1 Å². The smallest absolute Gasteiger partial charge is 0.251 e. The van der Waals surface area contributed by atoms with Crippen molar-refractivity contribution in [1.29, 1.82) is 0 Å². The molecule has 0 atom stereocenters. The molecular formula is C17H18N2O4. The third-order valence-corrected chi connectivity index (χ3v) is 3.02. The van der Waals surface area contributed by atoms with Crippen molar-refractivity contribution in [1.82, 2.24) is 5.32 Å². The fourth-order valence-electron chi connectivity index (χ4n) is 1.91. The van der Waals surface area contributed by atoms with Crippen molar-refractivity contribution in [3.8, 4) is 11.5 Å². The Morgan fingerprint density at radius 2 is 1.78 bits per heavy atom. The summed E-state index contributed by atoms with van der Waals surface area (Å²) < 4.78 is 5.30. The van der Waals surface area contributed by atoms with Crippen LogP contribution >= 0.6 is 0 Å². The lowest BCUT2D eigenvalue weighted by Gasteiger charge is -2.08. The van der Waals surface area contributed by atoms with Gasteiger partial charge in [-0.2, -0.15) is 0 Å². The summed E-state index contributed by atoms with van der Waals surface area (Å²) in [5, 5.41) is 14.6. The first-order valence-corrected chi connectivity index (χ1v) is 7.19. The van der Waals surface area contributed by atoms with E-state index >= 15 is 0 Å². The van der Waals surface area contributed by atoms with Crippen LogP contribution in [0.3, 0.4) is 0 Å². The molecule has 6 heteroatoms. The summed E-state index contributed by atoms with van der Waals surface area (Å²) in [4.78, 5) is 23.7. The van der Waals surface area contributed by atoms with Crippen LogP contribution in [0.1, 0.15) is 17.3 Å². The Morgan fingerprint density at radius 3 is 2.43 bits per heavy atom. The average Bonchev–Trinajstić information content (AvgIpc) is 2.56. The normalized spacial score (nSPS) is 9.96. The first kappa shape index (κ1) is 16.4. The Balaban J connectivity index is 1.86. The van der Waals surface area contributed by atoms with Gasteiger partial charge < -0.3 is 20.5 Å². The quantitative estimate of drug-likeness (QED) is 0.713. The molecule has 0 heterocycles. The van der Waals surface area contributed by atoms with Crippen molar-refractivity contribution in [2.45, 2.75) is 6.92 Å². The van der Waals surface area contributed by atoms with Crippen molar-refractivity contribution in [2.75, 3.05) is 18.5 Å². The first-order valence-electron chi connectivity index (χ1n) is 7.19. The predicted octanol–water partition coefficient (Wildman–Crippen LogP) is 2.16. The lowest BCUT2D eigenvalue weighted by atomic mass is 10.2. The molecule has 6 nitrogen and oxygen atoms in total. The van der Waals surface area contributed by atoms with E-state index in [0.717, 1.165) is 0 Å². The molecule has 3 N–H and O–H groups in total. The third-order valence-electron chi connectivity index (χ3n) is 3.02. The van der Waals surface area contributed by atoms with Crippen LogP contribution in [-0.4, -0.2) is 30.1 Å². The molecule has 0 saturated carbocycles. The number of ether oxygens (including phenoxy) is 1. The Hall–Kier alpha value is -3.02. The zero-order chi connectivity index (χ0) is 16.7. The number of carbonyl (C=O) groups excluding carboxylic acids is 2. The van der Waals surface area contributed by atoms with E-state index in [-0.39, 0.29) is 18.2 Å². The summed E-state index contributed by atoms with van der Waals surface area (Å²) in [6.45, 7) is 2.24. The number of phenols is 1. The van der Waals surface area contributed by atoms with E-state index in [1.165, 1.54) is 6.07 Å². The molecule has 23 heavy (non-hydrogen) atoms. The van der Waals surface area contributed by atoms with Crippen LogP contribution < -0.4 is 15.4 Å². The van der Waals surface area contributed by atoms with Crippen molar-refractivity contribution < 1.29 is 19.4 Å². The van der Waals surface area contributed by atoms with Gasteiger partial charge in [-0.1, -0.05) is 12.1 Å². The number of nitrogens with one attached hydrogen (secondary N) is 2. The molecule has 0 aliphatic heterocycles. The van der Waals surface area contributed by atoms with Gasteiger partial charge >= 0.3 is 0 Å². The van der Waals surface area contributed by atoms with Crippen LogP contribution in [0, 0.1) is 0 Å².